The third-order valence-electron chi connectivity index (χ3n) is 5.28. The van der Waals surface area contributed by atoms with Crippen LogP contribution in [0.4, 0.5) is 0 Å². The highest BCUT2D eigenvalue weighted by molar-refractivity contribution is 8.77. The van der Waals surface area contributed by atoms with Gasteiger partial charge in [0.05, 0.1) is 7.11 Å². The lowest BCUT2D eigenvalue weighted by molar-refractivity contribution is -0.151. The number of benzene rings is 1. The summed E-state index contributed by atoms with van der Waals surface area (Å²) in [7, 11) is 5.70. The number of nitrogens with zero attached hydrogens (tertiary/aromatic N) is 1. The molecule has 1 unspecified atom stereocenters. The van der Waals surface area contributed by atoms with Gasteiger partial charge in [-0.3, -0.25) is 9.69 Å². The fourth-order valence-corrected chi connectivity index (χ4v) is 6.65. The molecule has 0 amide bonds. The van der Waals surface area contributed by atoms with Crippen LogP contribution in [0.1, 0.15) is 50.5 Å². The van der Waals surface area contributed by atoms with Crippen molar-refractivity contribution in [3.8, 4) is 5.75 Å². The number of hydrogen-bond donors (Lipinski definition) is 0. The Morgan fingerprint density at radius 3 is 2.59 bits per heavy atom. The number of hydrogen-bond acceptors (Lipinski definition) is 6. The molecule has 2 fully saturated rings. The molecule has 2 heterocycles. The third kappa shape index (κ3) is 7.24. The SMILES string of the molecule is COc1ccc(CN2CCC(OC(=O)CCCCC3CCSS3)CC2)cc1. The van der Waals surface area contributed by atoms with Crippen molar-refractivity contribution < 1.29 is 14.3 Å². The molecule has 3 rings (SSSR count). The average molecular weight is 410 g/mol. The first-order valence-electron chi connectivity index (χ1n) is 10.1. The lowest BCUT2D eigenvalue weighted by Crippen LogP contribution is -2.37. The predicted molar refractivity (Wildman–Crippen MR) is 114 cm³/mol. The van der Waals surface area contributed by atoms with E-state index in [2.05, 4.69) is 17.0 Å². The first-order valence-corrected chi connectivity index (χ1v) is 12.4. The molecule has 1 atom stereocenters. The normalized spacial score (nSPS) is 21.3. The summed E-state index contributed by atoms with van der Waals surface area (Å²) in [4.78, 5) is 14.5. The highest BCUT2D eigenvalue weighted by atomic mass is 33.1. The lowest BCUT2D eigenvalue weighted by atomic mass is 10.1. The zero-order chi connectivity index (χ0) is 18.9. The Bertz CT molecular complexity index is 567. The van der Waals surface area contributed by atoms with Crippen molar-refractivity contribution in [1.82, 2.24) is 4.90 Å². The highest BCUT2D eigenvalue weighted by Crippen LogP contribution is 2.39. The molecule has 0 radical (unpaired) electrons. The van der Waals surface area contributed by atoms with Gasteiger partial charge in [-0.05, 0) is 49.8 Å². The molecule has 2 aliphatic heterocycles. The van der Waals surface area contributed by atoms with Crippen LogP contribution in [0.2, 0.25) is 0 Å². The number of unbranched alkanes of at least 4 members (excludes halogenated alkanes) is 1. The molecule has 1 aromatic rings. The van der Waals surface area contributed by atoms with Gasteiger partial charge in [-0.25, -0.2) is 0 Å². The molecule has 4 nitrogen and oxygen atoms in total. The van der Waals surface area contributed by atoms with Crippen molar-refractivity contribution in [3.05, 3.63) is 29.8 Å². The maximum Gasteiger partial charge on any atom is 0.306 e. The van der Waals surface area contributed by atoms with Crippen molar-refractivity contribution in [3.63, 3.8) is 0 Å². The van der Waals surface area contributed by atoms with Gasteiger partial charge in [0.25, 0.3) is 0 Å². The van der Waals surface area contributed by atoms with Crippen LogP contribution in [0.5, 0.6) is 5.75 Å². The summed E-state index contributed by atoms with van der Waals surface area (Å²) >= 11 is 0. The smallest absolute Gasteiger partial charge is 0.306 e. The quantitative estimate of drug-likeness (QED) is 0.328. The zero-order valence-electron chi connectivity index (χ0n) is 16.2. The van der Waals surface area contributed by atoms with E-state index >= 15 is 0 Å². The molecular formula is C21H31NO3S2. The minimum atomic E-state index is -0.00273. The van der Waals surface area contributed by atoms with Gasteiger partial charge >= 0.3 is 5.97 Å². The summed E-state index contributed by atoms with van der Waals surface area (Å²) in [6.07, 6.45) is 7.26. The summed E-state index contributed by atoms with van der Waals surface area (Å²) in [5.41, 5.74) is 1.30. The Kier molecular flexibility index (Phi) is 8.68. The minimum absolute atomic E-state index is 0.00273. The van der Waals surface area contributed by atoms with Crippen LogP contribution in [-0.4, -0.2) is 48.2 Å². The van der Waals surface area contributed by atoms with E-state index in [9.17, 15) is 4.79 Å². The fourth-order valence-electron chi connectivity index (χ4n) is 3.63. The maximum atomic E-state index is 12.1. The van der Waals surface area contributed by atoms with Gasteiger partial charge in [0.15, 0.2) is 0 Å². The van der Waals surface area contributed by atoms with Gasteiger partial charge in [0, 0.05) is 37.1 Å². The molecule has 27 heavy (non-hydrogen) atoms. The molecule has 1 aromatic carbocycles. The van der Waals surface area contributed by atoms with Crippen LogP contribution in [-0.2, 0) is 16.1 Å². The summed E-state index contributed by atoms with van der Waals surface area (Å²) in [5.74, 6) is 2.18. The van der Waals surface area contributed by atoms with Crippen molar-refractivity contribution in [2.75, 3.05) is 26.0 Å². The van der Waals surface area contributed by atoms with Crippen molar-refractivity contribution in [2.45, 2.75) is 62.8 Å². The van der Waals surface area contributed by atoms with Crippen molar-refractivity contribution in [2.24, 2.45) is 0 Å². The second-order valence-electron chi connectivity index (χ2n) is 7.39. The summed E-state index contributed by atoms with van der Waals surface area (Å²) in [6, 6.07) is 8.25. The van der Waals surface area contributed by atoms with Crippen molar-refractivity contribution in [1.29, 1.82) is 0 Å². The number of rotatable bonds is 9. The maximum absolute atomic E-state index is 12.1. The van der Waals surface area contributed by atoms with Crippen LogP contribution < -0.4 is 4.74 Å². The summed E-state index contributed by atoms with van der Waals surface area (Å²) < 4.78 is 10.9. The number of ether oxygens (including phenoxy) is 2. The van der Waals surface area contributed by atoms with E-state index in [0.29, 0.717) is 6.42 Å². The molecule has 2 aliphatic rings. The van der Waals surface area contributed by atoms with Crippen LogP contribution in [0.15, 0.2) is 24.3 Å². The number of methoxy groups -OCH3 is 1. The molecule has 0 spiro atoms. The molecule has 2 saturated heterocycles. The number of esters is 1. The molecule has 6 heteroatoms. The van der Waals surface area contributed by atoms with Crippen LogP contribution in [0.3, 0.4) is 0 Å². The second kappa shape index (κ2) is 11.2. The molecular weight excluding hydrogens is 378 g/mol. The molecule has 0 aliphatic carbocycles. The Balaban J connectivity index is 1.27. The largest absolute Gasteiger partial charge is 0.497 e. The van der Waals surface area contributed by atoms with E-state index in [1.807, 2.05) is 33.7 Å². The average Bonchev–Trinajstić information content (AvgIpc) is 3.21. The third-order valence-corrected chi connectivity index (χ3v) is 8.29. The van der Waals surface area contributed by atoms with E-state index in [1.165, 1.54) is 24.2 Å². The van der Waals surface area contributed by atoms with Gasteiger partial charge in [0.1, 0.15) is 11.9 Å². The fraction of sp³-hybridized carbons (Fsp3) is 0.667. The van der Waals surface area contributed by atoms with Gasteiger partial charge in [-0.15, -0.1) is 0 Å². The van der Waals surface area contributed by atoms with E-state index in [0.717, 1.165) is 56.3 Å². The van der Waals surface area contributed by atoms with E-state index in [-0.39, 0.29) is 12.1 Å². The van der Waals surface area contributed by atoms with Gasteiger partial charge in [0.2, 0.25) is 0 Å². The molecule has 150 valence electrons. The van der Waals surface area contributed by atoms with Crippen LogP contribution >= 0.6 is 21.6 Å². The Morgan fingerprint density at radius 1 is 1.15 bits per heavy atom. The Hall–Kier alpha value is -0.850. The molecule has 0 bridgehead atoms. The van der Waals surface area contributed by atoms with E-state index in [4.69, 9.17) is 9.47 Å². The monoisotopic (exact) mass is 409 g/mol. The second-order valence-corrected chi connectivity index (χ2v) is 10.2. The molecule has 0 saturated carbocycles. The molecule has 0 N–H and O–H groups in total. The van der Waals surface area contributed by atoms with Crippen molar-refractivity contribution >= 4 is 27.6 Å². The topological polar surface area (TPSA) is 38.8 Å². The Labute approximate surface area is 171 Å². The van der Waals surface area contributed by atoms with Gasteiger partial charge in [-0.1, -0.05) is 40.1 Å². The van der Waals surface area contributed by atoms with E-state index in [1.54, 1.807) is 7.11 Å². The number of piperidine rings is 1. The zero-order valence-corrected chi connectivity index (χ0v) is 17.9. The Morgan fingerprint density at radius 2 is 1.93 bits per heavy atom. The highest BCUT2D eigenvalue weighted by Gasteiger charge is 2.22. The summed E-state index contributed by atoms with van der Waals surface area (Å²) in [5, 5.41) is 0.807. The summed E-state index contributed by atoms with van der Waals surface area (Å²) in [6.45, 7) is 2.92. The van der Waals surface area contributed by atoms with Crippen LogP contribution in [0, 0.1) is 0 Å². The van der Waals surface area contributed by atoms with Gasteiger partial charge < -0.3 is 9.47 Å². The van der Waals surface area contributed by atoms with E-state index < -0.39 is 0 Å². The lowest BCUT2D eigenvalue weighted by Gasteiger charge is -2.31. The standard InChI is InChI=1S/C21H31NO3S2/c1-24-18-8-6-17(7-9-18)16-22-13-10-19(11-14-22)25-21(23)5-3-2-4-20-12-15-26-27-20/h6-9,19-20H,2-5,10-16H2,1H3. The first kappa shape index (κ1) is 20.9. The number of carbonyl (C=O) groups excluding carboxylic acids is 1. The first-order chi connectivity index (χ1) is 13.2. The number of likely N-dealkylation sites (tertiary alicyclic amines) is 1. The minimum Gasteiger partial charge on any atom is -0.497 e. The number of carbonyl (C=O) groups is 1. The van der Waals surface area contributed by atoms with Gasteiger partial charge in [-0.2, -0.15) is 0 Å². The van der Waals surface area contributed by atoms with Crippen LogP contribution in [0.25, 0.3) is 0 Å². The molecule has 0 aromatic heterocycles. The predicted octanol–water partition coefficient (Wildman–Crippen LogP) is 4.92.